The number of benzene rings is 1. The number of aryl methyl sites for hydroxylation is 1. The summed E-state index contributed by atoms with van der Waals surface area (Å²) in [7, 11) is 1.90. The van der Waals surface area contributed by atoms with Crippen molar-refractivity contribution in [3.05, 3.63) is 39.6 Å². The van der Waals surface area contributed by atoms with E-state index in [1.165, 1.54) is 11.3 Å². The first kappa shape index (κ1) is 13.4. The molecule has 0 spiro atoms. The predicted molar refractivity (Wildman–Crippen MR) is 81.1 cm³/mol. The minimum absolute atomic E-state index is 0.0622. The molecule has 0 radical (unpaired) electrons. The summed E-state index contributed by atoms with van der Waals surface area (Å²) in [5.74, 6) is 0.659. The maximum absolute atomic E-state index is 9.23. The standard InChI is InChI=1S/C13H13ClN4OS/c1-18-11-3-2-8(4-10(11)17-12(18)7-19)15-5-9-6-16-13(14)20-9/h2-4,6,15,19H,5,7H2,1H3. The van der Waals surface area contributed by atoms with Crippen molar-refractivity contribution in [1.29, 1.82) is 0 Å². The molecule has 0 atom stereocenters. The smallest absolute Gasteiger partial charge is 0.183 e. The van der Waals surface area contributed by atoms with Crippen molar-refractivity contribution in [1.82, 2.24) is 14.5 Å². The number of aliphatic hydroxyl groups excluding tert-OH is 1. The Morgan fingerprint density at radius 3 is 3.00 bits per heavy atom. The van der Waals surface area contributed by atoms with Crippen LogP contribution in [0.25, 0.3) is 11.0 Å². The molecule has 3 rings (SSSR count). The van der Waals surface area contributed by atoms with Gasteiger partial charge in [-0.25, -0.2) is 9.97 Å². The van der Waals surface area contributed by atoms with Crippen LogP contribution < -0.4 is 5.32 Å². The molecule has 2 aromatic heterocycles. The fourth-order valence-electron chi connectivity index (χ4n) is 2.06. The summed E-state index contributed by atoms with van der Waals surface area (Å²) < 4.78 is 2.44. The maximum atomic E-state index is 9.23. The van der Waals surface area contributed by atoms with E-state index in [1.807, 2.05) is 29.8 Å². The van der Waals surface area contributed by atoms with Gasteiger partial charge in [-0.2, -0.15) is 0 Å². The third-order valence-electron chi connectivity index (χ3n) is 3.11. The Morgan fingerprint density at radius 1 is 1.45 bits per heavy atom. The highest BCUT2D eigenvalue weighted by Gasteiger charge is 2.07. The Labute approximate surface area is 124 Å². The van der Waals surface area contributed by atoms with Crippen molar-refractivity contribution in [3.8, 4) is 0 Å². The van der Waals surface area contributed by atoms with E-state index in [-0.39, 0.29) is 6.61 Å². The number of anilines is 1. The second kappa shape index (κ2) is 5.40. The number of nitrogens with one attached hydrogen (secondary N) is 1. The fraction of sp³-hybridized carbons (Fsp3) is 0.231. The molecule has 0 saturated carbocycles. The zero-order valence-electron chi connectivity index (χ0n) is 10.8. The number of aromatic nitrogens is 3. The number of halogens is 1. The number of imidazole rings is 1. The molecule has 104 valence electrons. The van der Waals surface area contributed by atoms with Gasteiger partial charge in [-0.15, -0.1) is 11.3 Å². The van der Waals surface area contributed by atoms with Crippen molar-refractivity contribution in [2.75, 3.05) is 5.32 Å². The molecule has 0 fully saturated rings. The molecule has 3 aromatic rings. The van der Waals surface area contributed by atoms with Crippen LogP contribution in [-0.2, 0) is 20.2 Å². The zero-order valence-corrected chi connectivity index (χ0v) is 12.4. The lowest BCUT2D eigenvalue weighted by atomic mass is 10.2. The molecule has 0 aliphatic rings. The summed E-state index contributed by atoms with van der Waals surface area (Å²) in [5, 5.41) is 12.5. The van der Waals surface area contributed by atoms with Crippen LogP contribution in [0.2, 0.25) is 4.47 Å². The van der Waals surface area contributed by atoms with E-state index in [2.05, 4.69) is 15.3 Å². The van der Waals surface area contributed by atoms with E-state index in [0.717, 1.165) is 21.6 Å². The minimum atomic E-state index is -0.0622. The van der Waals surface area contributed by atoms with E-state index in [0.29, 0.717) is 16.8 Å². The van der Waals surface area contributed by atoms with Gasteiger partial charge in [0.1, 0.15) is 12.4 Å². The summed E-state index contributed by atoms with van der Waals surface area (Å²) in [6.45, 7) is 0.614. The molecule has 0 bridgehead atoms. The third-order valence-corrected chi connectivity index (χ3v) is 4.22. The lowest BCUT2D eigenvalue weighted by Gasteiger charge is -2.04. The predicted octanol–water partition coefficient (Wildman–Crippen LogP) is 2.79. The second-order valence-corrected chi connectivity index (χ2v) is 6.08. The Morgan fingerprint density at radius 2 is 2.30 bits per heavy atom. The Kier molecular flexibility index (Phi) is 3.60. The van der Waals surface area contributed by atoms with Gasteiger partial charge in [0.2, 0.25) is 0 Å². The van der Waals surface area contributed by atoms with Crippen LogP contribution >= 0.6 is 22.9 Å². The second-order valence-electron chi connectivity index (χ2n) is 4.38. The molecule has 20 heavy (non-hydrogen) atoms. The van der Waals surface area contributed by atoms with Gasteiger partial charge in [0.05, 0.1) is 17.6 Å². The third kappa shape index (κ3) is 2.49. The van der Waals surface area contributed by atoms with Crippen molar-refractivity contribution in [2.24, 2.45) is 7.05 Å². The molecule has 5 nitrogen and oxygen atoms in total. The van der Waals surface area contributed by atoms with E-state index >= 15 is 0 Å². The van der Waals surface area contributed by atoms with Gasteiger partial charge in [-0.05, 0) is 18.2 Å². The molecule has 1 aromatic carbocycles. The van der Waals surface area contributed by atoms with Gasteiger partial charge < -0.3 is 15.0 Å². The summed E-state index contributed by atoms with van der Waals surface area (Å²) >= 11 is 7.26. The van der Waals surface area contributed by atoms with Crippen LogP contribution in [0, 0.1) is 0 Å². The SMILES string of the molecule is Cn1c(CO)nc2cc(NCc3cnc(Cl)s3)ccc21. The molecule has 0 unspecified atom stereocenters. The average molecular weight is 309 g/mol. The molecule has 0 amide bonds. The highest BCUT2D eigenvalue weighted by molar-refractivity contribution is 7.15. The summed E-state index contributed by atoms with van der Waals surface area (Å²) in [6, 6.07) is 5.95. The monoisotopic (exact) mass is 308 g/mol. The van der Waals surface area contributed by atoms with Crippen LogP contribution in [0.15, 0.2) is 24.4 Å². The quantitative estimate of drug-likeness (QED) is 0.778. The van der Waals surface area contributed by atoms with Crippen molar-refractivity contribution < 1.29 is 5.11 Å². The topological polar surface area (TPSA) is 63.0 Å². The van der Waals surface area contributed by atoms with Gasteiger partial charge in [-0.1, -0.05) is 11.6 Å². The molecule has 2 N–H and O–H groups in total. The molecule has 0 saturated heterocycles. The van der Waals surface area contributed by atoms with E-state index < -0.39 is 0 Å². The average Bonchev–Trinajstić information content (AvgIpc) is 3.00. The number of fused-ring (bicyclic) bond motifs is 1. The van der Waals surface area contributed by atoms with Gasteiger partial charge in [0.15, 0.2) is 4.47 Å². The maximum Gasteiger partial charge on any atom is 0.183 e. The summed E-state index contributed by atoms with van der Waals surface area (Å²) in [4.78, 5) is 9.47. The minimum Gasteiger partial charge on any atom is -0.388 e. The van der Waals surface area contributed by atoms with E-state index in [1.54, 1.807) is 6.20 Å². The highest BCUT2D eigenvalue weighted by atomic mass is 35.5. The Balaban J connectivity index is 1.82. The molecule has 2 heterocycles. The number of hydrogen-bond donors (Lipinski definition) is 2. The van der Waals surface area contributed by atoms with Gasteiger partial charge in [-0.3, -0.25) is 0 Å². The number of aliphatic hydroxyl groups is 1. The number of thiazole rings is 1. The van der Waals surface area contributed by atoms with Crippen molar-refractivity contribution >= 4 is 39.7 Å². The van der Waals surface area contributed by atoms with Gasteiger partial charge >= 0.3 is 0 Å². The first-order valence-corrected chi connectivity index (χ1v) is 7.27. The molecular weight excluding hydrogens is 296 g/mol. The van der Waals surface area contributed by atoms with Crippen LogP contribution in [0.4, 0.5) is 5.69 Å². The number of nitrogens with zero attached hydrogens (tertiary/aromatic N) is 3. The largest absolute Gasteiger partial charge is 0.388 e. The molecule has 0 aliphatic heterocycles. The lowest BCUT2D eigenvalue weighted by Crippen LogP contribution is -1.97. The first-order valence-electron chi connectivity index (χ1n) is 6.07. The van der Waals surface area contributed by atoms with Crippen LogP contribution in [-0.4, -0.2) is 19.6 Å². The molecule has 7 heteroatoms. The van der Waals surface area contributed by atoms with Crippen molar-refractivity contribution in [3.63, 3.8) is 0 Å². The van der Waals surface area contributed by atoms with E-state index in [4.69, 9.17) is 11.6 Å². The van der Waals surface area contributed by atoms with Crippen LogP contribution in [0.5, 0.6) is 0 Å². The van der Waals surface area contributed by atoms with Crippen molar-refractivity contribution in [2.45, 2.75) is 13.2 Å². The number of rotatable bonds is 4. The summed E-state index contributed by atoms with van der Waals surface area (Å²) in [5.41, 5.74) is 2.84. The van der Waals surface area contributed by atoms with Gasteiger partial charge in [0, 0.05) is 23.8 Å². The molecular formula is C13H13ClN4OS. The van der Waals surface area contributed by atoms with E-state index in [9.17, 15) is 5.11 Å². The summed E-state index contributed by atoms with van der Waals surface area (Å²) in [6.07, 6.45) is 1.77. The van der Waals surface area contributed by atoms with Crippen LogP contribution in [0.3, 0.4) is 0 Å². The van der Waals surface area contributed by atoms with Gasteiger partial charge in [0.25, 0.3) is 0 Å². The Bertz CT molecular complexity index is 752. The lowest BCUT2D eigenvalue weighted by molar-refractivity contribution is 0.268. The Hall–Kier alpha value is -1.63. The first-order chi connectivity index (χ1) is 9.67. The van der Waals surface area contributed by atoms with Crippen LogP contribution in [0.1, 0.15) is 10.7 Å². The fourth-order valence-corrected chi connectivity index (χ4v) is 2.97. The number of hydrogen-bond acceptors (Lipinski definition) is 5. The zero-order chi connectivity index (χ0) is 14.1. The normalized spacial score (nSPS) is 11.2. The highest BCUT2D eigenvalue weighted by Crippen LogP contribution is 2.22. The molecule has 0 aliphatic carbocycles.